The molecule has 0 aliphatic carbocycles. The maximum atomic E-state index is 14.9. The molecular formula is C44H66N6O5Si. The number of aromatic nitrogens is 2. The van der Waals surface area contributed by atoms with Crippen molar-refractivity contribution in [3.8, 4) is 11.4 Å². The zero-order valence-corrected chi connectivity index (χ0v) is 36.2. The number of carbonyl (C=O) groups is 3. The molecule has 0 bridgehead atoms. The Kier molecular flexibility index (Phi) is 14.9. The number of benzene rings is 2. The molecular weight excluding hydrogens is 721 g/mol. The average molecular weight is 787 g/mol. The van der Waals surface area contributed by atoms with Gasteiger partial charge in [-0.25, -0.2) is 9.78 Å². The van der Waals surface area contributed by atoms with Gasteiger partial charge in [-0.05, 0) is 86.7 Å². The highest BCUT2D eigenvalue weighted by Crippen LogP contribution is 2.37. The smallest absolute Gasteiger partial charge is 0.335 e. The number of ketones is 1. The van der Waals surface area contributed by atoms with Gasteiger partial charge < -0.3 is 34.1 Å². The van der Waals surface area contributed by atoms with Crippen molar-refractivity contribution in [1.29, 1.82) is 0 Å². The second-order valence-electron chi connectivity index (χ2n) is 17.3. The summed E-state index contributed by atoms with van der Waals surface area (Å²) in [5.74, 6) is -0.971. The average Bonchev–Trinajstić information content (AvgIpc) is 3.60. The highest BCUT2D eigenvalue weighted by atomic mass is 28.4. The number of fused-ring (bicyclic) bond motifs is 1. The van der Waals surface area contributed by atoms with Gasteiger partial charge in [0.2, 0.25) is 0 Å². The van der Waals surface area contributed by atoms with Gasteiger partial charge in [0.05, 0.1) is 5.56 Å². The minimum Gasteiger partial charge on any atom is -0.478 e. The Balaban J connectivity index is 1.53. The molecule has 2 N–H and O–H groups in total. The third kappa shape index (κ3) is 10.6. The molecule has 1 amide bonds. The van der Waals surface area contributed by atoms with Crippen molar-refractivity contribution < 1.29 is 23.9 Å². The van der Waals surface area contributed by atoms with Crippen LogP contribution in [0.2, 0.25) is 18.1 Å². The molecule has 0 saturated carbocycles. The van der Waals surface area contributed by atoms with Crippen LogP contribution in [0.25, 0.3) is 11.4 Å². The summed E-state index contributed by atoms with van der Waals surface area (Å²) in [6.45, 7) is 23.5. The monoisotopic (exact) mass is 786 g/mol. The number of aryl methyl sites for hydroxylation is 1. The van der Waals surface area contributed by atoms with E-state index in [4.69, 9.17) is 9.41 Å². The Labute approximate surface area is 335 Å². The molecule has 1 aromatic heterocycles. The lowest BCUT2D eigenvalue weighted by Crippen LogP contribution is -2.47. The topological polar surface area (TPSA) is 120 Å². The van der Waals surface area contributed by atoms with E-state index in [-0.39, 0.29) is 33.9 Å². The number of nitrogens with one attached hydrogen (secondary N) is 1. The van der Waals surface area contributed by atoms with E-state index in [2.05, 4.69) is 69.9 Å². The molecule has 5 rings (SSSR count). The van der Waals surface area contributed by atoms with Crippen molar-refractivity contribution in [1.82, 2.24) is 29.6 Å². The maximum Gasteiger partial charge on any atom is 0.335 e. The van der Waals surface area contributed by atoms with Crippen LogP contribution in [0.3, 0.4) is 0 Å². The van der Waals surface area contributed by atoms with Crippen LogP contribution >= 0.6 is 0 Å². The normalized spacial score (nSPS) is 16.8. The number of carbonyl (C=O) groups excluding carboxylic acids is 2. The molecule has 1 fully saturated rings. The predicted octanol–water partition coefficient (Wildman–Crippen LogP) is 7.20. The fourth-order valence-corrected chi connectivity index (χ4v) is 8.34. The summed E-state index contributed by atoms with van der Waals surface area (Å²) in [6, 6.07) is 10.6. The minimum atomic E-state index is -1.99. The number of carboxylic acid groups (broad SMARTS) is 1. The summed E-state index contributed by atoms with van der Waals surface area (Å²) in [7, 11) is 0.161. The van der Waals surface area contributed by atoms with Crippen LogP contribution in [0.4, 0.5) is 0 Å². The number of hydrogen-bond acceptors (Lipinski definition) is 8. The quantitative estimate of drug-likeness (QED) is 0.102. The number of aromatic carboxylic acids is 1. The fraction of sp³-hybridized carbons (Fsp3) is 0.591. The van der Waals surface area contributed by atoms with Crippen LogP contribution in [0.1, 0.15) is 115 Å². The lowest BCUT2D eigenvalue weighted by atomic mass is 9.87. The Hall–Kier alpha value is -3.68. The zero-order chi connectivity index (χ0) is 40.6. The van der Waals surface area contributed by atoms with E-state index >= 15 is 0 Å². The fourth-order valence-electron chi connectivity index (χ4n) is 7.29. The van der Waals surface area contributed by atoms with Gasteiger partial charge in [0.15, 0.2) is 14.1 Å². The van der Waals surface area contributed by atoms with Gasteiger partial charge >= 0.3 is 5.97 Å². The van der Waals surface area contributed by atoms with Crippen molar-refractivity contribution in [3.05, 3.63) is 76.1 Å². The summed E-state index contributed by atoms with van der Waals surface area (Å²) in [4.78, 5) is 53.1. The van der Waals surface area contributed by atoms with Gasteiger partial charge in [-0.2, -0.15) is 0 Å². The number of rotatable bonds is 18. The maximum absolute atomic E-state index is 14.9. The Morgan fingerprint density at radius 3 is 2.30 bits per heavy atom. The molecule has 0 radical (unpaired) electrons. The number of nitrogens with zero attached hydrogens (tertiary/aromatic N) is 5. The molecule has 1 saturated heterocycles. The van der Waals surface area contributed by atoms with Crippen molar-refractivity contribution in [2.75, 3.05) is 59.5 Å². The summed E-state index contributed by atoms with van der Waals surface area (Å²) < 4.78 is 8.61. The number of imidazole rings is 1. The third-order valence-corrected chi connectivity index (χ3v) is 16.6. The molecule has 3 heterocycles. The van der Waals surface area contributed by atoms with Gasteiger partial charge in [0.1, 0.15) is 11.5 Å². The second-order valence-corrected chi connectivity index (χ2v) is 22.1. The van der Waals surface area contributed by atoms with Gasteiger partial charge in [0.25, 0.3) is 5.91 Å². The number of unbranched alkanes of at least 4 members (excludes halogenated alkanes) is 2. The number of piperazine rings is 1. The summed E-state index contributed by atoms with van der Waals surface area (Å²) >= 11 is 0. The van der Waals surface area contributed by atoms with E-state index in [9.17, 15) is 19.5 Å². The lowest BCUT2D eigenvalue weighted by molar-refractivity contribution is 0.0695. The van der Waals surface area contributed by atoms with E-state index in [0.29, 0.717) is 61.9 Å². The van der Waals surface area contributed by atoms with Crippen LogP contribution < -0.4 is 5.32 Å². The minimum absolute atomic E-state index is 0.0268. The Bertz CT molecular complexity index is 1820. The van der Waals surface area contributed by atoms with E-state index in [1.54, 1.807) is 6.07 Å². The van der Waals surface area contributed by atoms with Crippen LogP contribution in [0, 0.1) is 0 Å². The number of carboxylic acids is 1. The van der Waals surface area contributed by atoms with Crippen molar-refractivity contribution in [2.45, 2.75) is 110 Å². The molecule has 11 nitrogen and oxygen atoms in total. The molecule has 1 atom stereocenters. The molecule has 12 heteroatoms. The zero-order valence-electron chi connectivity index (χ0n) is 35.2. The molecule has 2 aromatic carbocycles. The third-order valence-electron chi connectivity index (χ3n) is 12.1. The first kappa shape index (κ1) is 43.4. The molecule has 56 heavy (non-hydrogen) atoms. The van der Waals surface area contributed by atoms with E-state index in [1.807, 2.05) is 33.9 Å². The van der Waals surface area contributed by atoms with Crippen LogP contribution in [-0.4, -0.2) is 121 Å². The van der Waals surface area contributed by atoms with Crippen molar-refractivity contribution >= 4 is 26.0 Å². The Morgan fingerprint density at radius 1 is 0.964 bits per heavy atom. The molecule has 306 valence electrons. The Morgan fingerprint density at radius 2 is 1.66 bits per heavy atom. The van der Waals surface area contributed by atoms with Gasteiger partial charge in [-0.1, -0.05) is 65.7 Å². The molecule has 0 spiro atoms. The molecule has 1 unspecified atom stereocenters. The number of likely N-dealkylation sites (N-methyl/N-ethyl adjacent to an activating group) is 1. The predicted molar refractivity (Wildman–Crippen MR) is 226 cm³/mol. The molecule has 3 aromatic rings. The van der Waals surface area contributed by atoms with Crippen LogP contribution in [-0.2, 0) is 23.9 Å². The van der Waals surface area contributed by atoms with Crippen LogP contribution in [0.15, 0.2) is 42.6 Å². The SMILES string of the molecule is CCCCN(CCCC)C(=O)c1cn(CCCN2CCN(C)CC2)c(-c2ccc(C(=O)O)cc2C(=O)c2cccc3c2CC(CO[Si](C)(C)C(C)(C)C)NC3)n1. The molecule has 2 aliphatic heterocycles. The number of hydrogen-bond donors (Lipinski definition) is 2. The first-order valence-corrected chi connectivity index (χ1v) is 23.7. The standard InChI is InChI=1S/C44H66N6O5Si/c1-9-11-20-49(21-12-10-2)42(52)39-30-50(22-14-19-48-25-23-47(6)24-26-48)41(46-39)36-18-17-32(43(53)54)27-38(36)40(51)35-16-13-15-33-29-45-34(28-37(33)35)31-55-56(7,8)44(3,4)5/h13,15-18,27,30,34,45H,9-12,14,19-26,28-29,31H2,1-8H3,(H,53,54). The second kappa shape index (κ2) is 19.2. The summed E-state index contributed by atoms with van der Waals surface area (Å²) in [6.07, 6.45) is 7.07. The molecule has 2 aliphatic rings. The lowest BCUT2D eigenvalue weighted by Gasteiger charge is -2.38. The number of amides is 1. The summed E-state index contributed by atoms with van der Waals surface area (Å²) in [5, 5.41) is 13.8. The first-order valence-electron chi connectivity index (χ1n) is 20.8. The highest BCUT2D eigenvalue weighted by Gasteiger charge is 2.38. The highest BCUT2D eigenvalue weighted by molar-refractivity contribution is 6.74. The van der Waals surface area contributed by atoms with Gasteiger partial charge in [0, 0.05) is 87.9 Å². The first-order chi connectivity index (χ1) is 26.6. The van der Waals surface area contributed by atoms with Crippen molar-refractivity contribution in [2.24, 2.45) is 0 Å². The van der Waals surface area contributed by atoms with Gasteiger partial charge in [-0.3, -0.25) is 9.59 Å². The van der Waals surface area contributed by atoms with Crippen LogP contribution in [0.5, 0.6) is 0 Å². The van der Waals surface area contributed by atoms with Gasteiger partial charge in [-0.15, -0.1) is 0 Å². The summed E-state index contributed by atoms with van der Waals surface area (Å²) in [5.41, 5.74) is 3.73. The van der Waals surface area contributed by atoms with E-state index in [0.717, 1.165) is 76.0 Å². The van der Waals surface area contributed by atoms with E-state index < -0.39 is 14.3 Å². The van der Waals surface area contributed by atoms with E-state index in [1.165, 1.54) is 12.1 Å². The largest absolute Gasteiger partial charge is 0.478 e. The van der Waals surface area contributed by atoms with Crippen molar-refractivity contribution in [3.63, 3.8) is 0 Å².